The van der Waals surface area contributed by atoms with Crippen molar-refractivity contribution in [3.63, 3.8) is 0 Å². The first kappa shape index (κ1) is 33.6. The van der Waals surface area contributed by atoms with Gasteiger partial charge in [-0.15, -0.1) is 11.3 Å². The molecule has 2 unspecified atom stereocenters. The van der Waals surface area contributed by atoms with Crippen molar-refractivity contribution in [3.05, 3.63) is 217 Å². The summed E-state index contributed by atoms with van der Waals surface area (Å²) in [4.78, 5) is 0. The Hall–Kier alpha value is -6.74. The van der Waals surface area contributed by atoms with Gasteiger partial charge in [0.15, 0.2) is 0 Å². The minimum absolute atomic E-state index is 0.109. The summed E-state index contributed by atoms with van der Waals surface area (Å²) in [7, 11) is 0. The van der Waals surface area contributed by atoms with Crippen molar-refractivity contribution in [2.75, 3.05) is 0 Å². The van der Waals surface area contributed by atoms with Crippen LogP contribution in [0.15, 0.2) is 205 Å². The summed E-state index contributed by atoms with van der Waals surface area (Å²) in [6.07, 6.45) is 0. The van der Waals surface area contributed by atoms with Gasteiger partial charge in [-0.2, -0.15) is 0 Å². The van der Waals surface area contributed by atoms with Crippen LogP contribution in [0, 0.1) is 0 Å². The Morgan fingerprint density at radius 2 is 1.07 bits per heavy atom. The third-order valence-corrected chi connectivity index (χ3v) is 13.2. The van der Waals surface area contributed by atoms with E-state index in [9.17, 15) is 0 Å². The molecule has 0 saturated carbocycles. The summed E-state index contributed by atoms with van der Waals surface area (Å²) in [5, 5.41) is 7.30. The quantitative estimate of drug-likeness (QED) is 0.158. The maximum absolute atomic E-state index is 6.53. The molecule has 11 rings (SSSR count). The molecule has 0 radical (unpaired) electrons. The van der Waals surface area contributed by atoms with E-state index >= 15 is 0 Å². The molecule has 0 aliphatic carbocycles. The molecule has 2 aromatic heterocycles. The molecular formula is C55H38OS. The van der Waals surface area contributed by atoms with Gasteiger partial charge in [0.2, 0.25) is 0 Å². The monoisotopic (exact) mass is 746 g/mol. The zero-order valence-corrected chi connectivity index (χ0v) is 32.3. The van der Waals surface area contributed by atoms with Crippen molar-refractivity contribution in [3.8, 4) is 33.4 Å². The first-order valence-corrected chi connectivity index (χ1v) is 20.6. The van der Waals surface area contributed by atoms with E-state index in [-0.39, 0.29) is 11.8 Å². The highest BCUT2D eigenvalue weighted by Gasteiger charge is 2.28. The van der Waals surface area contributed by atoms with E-state index in [0.717, 1.165) is 27.3 Å². The van der Waals surface area contributed by atoms with Gasteiger partial charge in [0, 0.05) is 42.2 Å². The molecule has 0 aliphatic rings. The van der Waals surface area contributed by atoms with Gasteiger partial charge in [-0.3, -0.25) is 0 Å². The summed E-state index contributed by atoms with van der Waals surface area (Å²) in [6, 6.07) is 73.3. The first-order chi connectivity index (χ1) is 28.2. The standard InChI is InChI=1S/C55H38OS/c1-35(43-18-7-8-19-44(43)42-30-32-51-50(34-42)47-31-29-38-15-5-6-20-45(38)54(47)56-51)53(49-23-12-22-48-46-21-9-10-24-52(46)57-55(48)49)39-27-25-37(26-28-39)41-17-11-16-40(33-41)36-13-3-2-4-14-36/h2-35,53H,1H3. The average molecular weight is 747 g/mol. The largest absolute Gasteiger partial charge is 0.455 e. The van der Waals surface area contributed by atoms with Crippen molar-refractivity contribution in [2.24, 2.45) is 0 Å². The molecule has 57 heavy (non-hydrogen) atoms. The third-order valence-electron chi connectivity index (χ3n) is 12.0. The molecular weight excluding hydrogens is 709 g/mol. The lowest BCUT2D eigenvalue weighted by molar-refractivity contribution is 0.663. The lowest BCUT2D eigenvalue weighted by Gasteiger charge is -2.28. The van der Waals surface area contributed by atoms with E-state index in [2.05, 4.69) is 207 Å². The maximum Gasteiger partial charge on any atom is 0.143 e. The van der Waals surface area contributed by atoms with E-state index in [4.69, 9.17) is 4.42 Å². The van der Waals surface area contributed by atoms with Crippen molar-refractivity contribution in [2.45, 2.75) is 18.8 Å². The van der Waals surface area contributed by atoms with E-state index in [1.807, 2.05) is 11.3 Å². The van der Waals surface area contributed by atoms with Crippen LogP contribution in [-0.2, 0) is 0 Å². The molecule has 11 aromatic rings. The van der Waals surface area contributed by atoms with Gasteiger partial charge in [0.1, 0.15) is 11.2 Å². The molecule has 0 saturated heterocycles. The summed E-state index contributed by atoms with van der Waals surface area (Å²) >= 11 is 1.92. The number of benzene rings is 9. The van der Waals surface area contributed by atoms with Crippen molar-refractivity contribution >= 4 is 64.2 Å². The van der Waals surface area contributed by atoms with Gasteiger partial charge < -0.3 is 4.42 Å². The van der Waals surface area contributed by atoms with Crippen LogP contribution in [0.1, 0.15) is 35.4 Å². The van der Waals surface area contributed by atoms with Gasteiger partial charge in [0.05, 0.1) is 0 Å². The lowest BCUT2D eigenvalue weighted by Crippen LogP contribution is -2.11. The molecule has 270 valence electrons. The van der Waals surface area contributed by atoms with E-state index in [1.54, 1.807) is 0 Å². The smallest absolute Gasteiger partial charge is 0.143 e. The van der Waals surface area contributed by atoms with Crippen LogP contribution in [0.5, 0.6) is 0 Å². The predicted octanol–water partition coefficient (Wildman–Crippen LogP) is 16.0. The Balaban J connectivity index is 1.05. The van der Waals surface area contributed by atoms with Crippen LogP contribution in [0.4, 0.5) is 0 Å². The topological polar surface area (TPSA) is 13.1 Å². The molecule has 0 aliphatic heterocycles. The molecule has 0 amide bonds. The highest BCUT2D eigenvalue weighted by molar-refractivity contribution is 7.26. The van der Waals surface area contributed by atoms with Crippen LogP contribution in [-0.4, -0.2) is 0 Å². The molecule has 2 atom stereocenters. The maximum atomic E-state index is 6.53. The second-order valence-electron chi connectivity index (χ2n) is 15.2. The van der Waals surface area contributed by atoms with Crippen molar-refractivity contribution in [1.82, 2.24) is 0 Å². The molecule has 1 nitrogen and oxygen atoms in total. The lowest BCUT2D eigenvalue weighted by atomic mass is 9.75. The zero-order chi connectivity index (χ0) is 37.9. The fraction of sp³-hybridized carbons (Fsp3) is 0.0545. The fourth-order valence-electron chi connectivity index (χ4n) is 9.15. The Kier molecular flexibility index (Phi) is 8.12. The van der Waals surface area contributed by atoms with Crippen LogP contribution < -0.4 is 0 Å². The summed E-state index contributed by atoms with van der Waals surface area (Å²) in [5.74, 6) is 0.266. The van der Waals surface area contributed by atoms with E-state index in [1.165, 1.54) is 75.6 Å². The molecule has 2 heterocycles. The van der Waals surface area contributed by atoms with Crippen LogP contribution in [0.25, 0.3) is 86.3 Å². The summed E-state index contributed by atoms with van der Waals surface area (Å²) < 4.78 is 9.22. The minimum Gasteiger partial charge on any atom is -0.455 e. The van der Waals surface area contributed by atoms with Crippen molar-refractivity contribution < 1.29 is 4.42 Å². The van der Waals surface area contributed by atoms with Gasteiger partial charge >= 0.3 is 0 Å². The Morgan fingerprint density at radius 3 is 1.93 bits per heavy atom. The number of thiophene rings is 1. The number of hydrogen-bond donors (Lipinski definition) is 0. The van der Waals surface area contributed by atoms with Gasteiger partial charge in [0.25, 0.3) is 0 Å². The van der Waals surface area contributed by atoms with Crippen molar-refractivity contribution in [1.29, 1.82) is 0 Å². The number of hydrogen-bond acceptors (Lipinski definition) is 2. The van der Waals surface area contributed by atoms with Crippen LogP contribution in [0.2, 0.25) is 0 Å². The Bertz CT molecular complexity index is 3260. The fourth-order valence-corrected chi connectivity index (χ4v) is 10.4. The molecule has 0 spiro atoms. The van der Waals surface area contributed by atoms with Gasteiger partial charge in [-0.1, -0.05) is 177 Å². The van der Waals surface area contributed by atoms with Crippen LogP contribution >= 0.6 is 11.3 Å². The summed E-state index contributed by atoms with van der Waals surface area (Å²) in [6.45, 7) is 2.42. The molecule has 0 fully saturated rings. The van der Waals surface area contributed by atoms with Gasteiger partial charge in [-0.25, -0.2) is 0 Å². The number of fused-ring (bicyclic) bond motifs is 8. The average Bonchev–Trinajstić information content (AvgIpc) is 3.86. The van der Waals surface area contributed by atoms with Crippen LogP contribution in [0.3, 0.4) is 0 Å². The predicted molar refractivity (Wildman–Crippen MR) is 244 cm³/mol. The minimum atomic E-state index is 0.109. The van der Waals surface area contributed by atoms with Gasteiger partial charge in [-0.05, 0) is 91.7 Å². The molecule has 9 aromatic carbocycles. The van der Waals surface area contributed by atoms with E-state index in [0.29, 0.717) is 0 Å². The first-order valence-electron chi connectivity index (χ1n) is 19.8. The number of furan rings is 1. The number of rotatable bonds is 7. The Labute approximate surface area is 336 Å². The summed E-state index contributed by atoms with van der Waals surface area (Å²) in [5.41, 5.74) is 13.2. The second-order valence-corrected chi connectivity index (χ2v) is 16.3. The normalized spacial score (nSPS) is 12.9. The highest BCUT2D eigenvalue weighted by Crippen LogP contribution is 2.48. The second kappa shape index (κ2) is 13.8. The zero-order valence-electron chi connectivity index (χ0n) is 31.5. The molecule has 2 heteroatoms. The molecule has 0 bridgehead atoms. The third kappa shape index (κ3) is 5.76. The van der Waals surface area contributed by atoms with E-state index < -0.39 is 0 Å². The SMILES string of the molecule is CC(c1ccccc1-c1ccc2oc3c4ccccc4ccc3c2c1)C(c1ccc(-c2cccc(-c3ccccc3)c2)cc1)c1cccc2c1sc1ccccc12. The Morgan fingerprint density at radius 1 is 0.421 bits per heavy atom. The molecule has 0 N–H and O–H groups in total. The highest BCUT2D eigenvalue weighted by atomic mass is 32.1.